The van der Waals surface area contributed by atoms with Crippen LogP contribution in [0.3, 0.4) is 0 Å². The van der Waals surface area contributed by atoms with E-state index in [1.54, 1.807) is 6.07 Å². The lowest BCUT2D eigenvalue weighted by atomic mass is 10.0. The van der Waals surface area contributed by atoms with Crippen LogP contribution in [0, 0.1) is 0 Å². The van der Waals surface area contributed by atoms with Crippen molar-refractivity contribution in [3.8, 4) is 0 Å². The summed E-state index contributed by atoms with van der Waals surface area (Å²) in [4.78, 5) is 24.1. The van der Waals surface area contributed by atoms with E-state index in [4.69, 9.17) is 4.42 Å². The highest BCUT2D eigenvalue weighted by molar-refractivity contribution is 6.07. The number of nitrogens with one attached hydrogen (secondary N) is 2. The molecule has 1 aliphatic carbocycles. The van der Waals surface area contributed by atoms with Crippen LogP contribution in [0.25, 0.3) is 21.7 Å². The van der Waals surface area contributed by atoms with Crippen molar-refractivity contribution in [1.29, 1.82) is 0 Å². The van der Waals surface area contributed by atoms with Crippen molar-refractivity contribution in [1.82, 2.24) is 5.32 Å². The molecule has 0 unspecified atom stereocenters. The van der Waals surface area contributed by atoms with Gasteiger partial charge in [0.05, 0.1) is 0 Å². The zero-order valence-corrected chi connectivity index (χ0v) is 15.8. The molecule has 4 aromatic rings. The van der Waals surface area contributed by atoms with E-state index in [-0.39, 0.29) is 11.5 Å². The van der Waals surface area contributed by atoms with E-state index < -0.39 is 0 Å². The van der Waals surface area contributed by atoms with Gasteiger partial charge in [-0.25, -0.2) is 4.79 Å². The average Bonchev–Trinajstić information content (AvgIpc) is 3.56. The van der Waals surface area contributed by atoms with Gasteiger partial charge < -0.3 is 15.1 Å². The molecule has 0 aliphatic heterocycles. The number of amides is 1. The van der Waals surface area contributed by atoms with Crippen molar-refractivity contribution >= 4 is 33.3 Å². The van der Waals surface area contributed by atoms with Crippen LogP contribution in [0.1, 0.15) is 28.8 Å². The van der Waals surface area contributed by atoms with Gasteiger partial charge in [-0.1, -0.05) is 30.3 Å². The van der Waals surface area contributed by atoms with E-state index in [1.807, 2.05) is 60.7 Å². The molecule has 5 heteroatoms. The van der Waals surface area contributed by atoms with E-state index in [9.17, 15) is 9.59 Å². The van der Waals surface area contributed by atoms with Crippen LogP contribution >= 0.6 is 0 Å². The summed E-state index contributed by atoms with van der Waals surface area (Å²) in [5.74, 6) is -0.0304. The Balaban J connectivity index is 1.42. The van der Waals surface area contributed by atoms with Gasteiger partial charge in [0, 0.05) is 35.3 Å². The normalized spacial score (nSPS) is 13.5. The van der Waals surface area contributed by atoms with Gasteiger partial charge in [-0.15, -0.1) is 0 Å². The van der Waals surface area contributed by atoms with Crippen molar-refractivity contribution in [3.63, 3.8) is 0 Å². The fourth-order valence-electron chi connectivity index (χ4n) is 3.59. The Bertz CT molecular complexity index is 1270. The minimum absolute atomic E-state index is 0.0304. The van der Waals surface area contributed by atoms with Crippen molar-refractivity contribution in [3.05, 3.63) is 88.3 Å². The van der Waals surface area contributed by atoms with Crippen LogP contribution in [-0.4, -0.2) is 11.9 Å². The van der Waals surface area contributed by atoms with Gasteiger partial charge in [0.1, 0.15) is 5.58 Å². The van der Waals surface area contributed by atoms with Crippen molar-refractivity contribution in [2.75, 3.05) is 5.32 Å². The van der Waals surface area contributed by atoms with Crippen molar-refractivity contribution in [2.24, 2.45) is 0 Å². The minimum Gasteiger partial charge on any atom is -0.423 e. The second kappa shape index (κ2) is 7.09. The molecule has 1 fully saturated rings. The predicted octanol–water partition coefficient (Wildman–Crippen LogP) is 4.45. The summed E-state index contributed by atoms with van der Waals surface area (Å²) < 4.78 is 5.41. The number of rotatable bonds is 5. The van der Waals surface area contributed by atoms with Crippen LogP contribution in [-0.2, 0) is 6.54 Å². The third-order valence-corrected chi connectivity index (χ3v) is 5.26. The third kappa shape index (κ3) is 3.59. The molecule has 0 bridgehead atoms. The lowest BCUT2D eigenvalue weighted by molar-refractivity contribution is 0.0951. The van der Waals surface area contributed by atoms with Gasteiger partial charge >= 0.3 is 5.63 Å². The Morgan fingerprint density at radius 2 is 1.79 bits per heavy atom. The Morgan fingerprint density at radius 3 is 2.59 bits per heavy atom. The molecule has 1 heterocycles. The fourth-order valence-corrected chi connectivity index (χ4v) is 3.59. The third-order valence-electron chi connectivity index (χ3n) is 5.26. The molecule has 29 heavy (non-hydrogen) atoms. The number of fused-ring (bicyclic) bond motifs is 3. The zero-order valence-electron chi connectivity index (χ0n) is 15.8. The maximum Gasteiger partial charge on any atom is 0.336 e. The molecular formula is C24H20N2O3. The SMILES string of the molecule is O=C(NC1CC1)c1ccc(NCc2cc(=O)oc3ccc4ccccc4c23)cc1. The molecule has 5 nitrogen and oxygen atoms in total. The molecule has 1 aliphatic rings. The molecule has 1 saturated carbocycles. The minimum atomic E-state index is -0.364. The second-order valence-electron chi connectivity index (χ2n) is 7.43. The van der Waals surface area contributed by atoms with E-state index >= 15 is 0 Å². The van der Waals surface area contributed by atoms with Crippen LogP contribution in [0.2, 0.25) is 0 Å². The molecule has 2 N–H and O–H groups in total. The molecule has 0 radical (unpaired) electrons. The number of carbonyl (C=O) groups is 1. The molecule has 1 amide bonds. The number of hydrogen-bond acceptors (Lipinski definition) is 4. The van der Waals surface area contributed by atoms with Gasteiger partial charge in [-0.2, -0.15) is 0 Å². The number of carbonyl (C=O) groups excluding carboxylic acids is 1. The maximum atomic E-state index is 12.1. The van der Waals surface area contributed by atoms with E-state index in [0.717, 1.165) is 40.3 Å². The smallest absolute Gasteiger partial charge is 0.336 e. The molecule has 144 valence electrons. The van der Waals surface area contributed by atoms with Crippen molar-refractivity contribution < 1.29 is 9.21 Å². The first-order chi connectivity index (χ1) is 14.2. The van der Waals surface area contributed by atoms with Gasteiger partial charge in [-0.3, -0.25) is 4.79 Å². The lowest BCUT2D eigenvalue weighted by Crippen LogP contribution is -2.25. The molecule has 0 spiro atoms. The summed E-state index contributed by atoms with van der Waals surface area (Å²) in [6, 6.07) is 21.1. The summed E-state index contributed by atoms with van der Waals surface area (Å²) in [5, 5.41) is 9.43. The first-order valence-electron chi connectivity index (χ1n) is 9.77. The summed E-state index contributed by atoms with van der Waals surface area (Å²) in [6.07, 6.45) is 2.14. The quantitative estimate of drug-likeness (QED) is 0.394. The summed E-state index contributed by atoms with van der Waals surface area (Å²) >= 11 is 0. The Kier molecular flexibility index (Phi) is 4.28. The maximum absolute atomic E-state index is 12.1. The highest BCUT2D eigenvalue weighted by Gasteiger charge is 2.23. The van der Waals surface area contributed by atoms with Crippen LogP contribution in [0.4, 0.5) is 5.69 Å². The van der Waals surface area contributed by atoms with Crippen LogP contribution in [0.5, 0.6) is 0 Å². The van der Waals surface area contributed by atoms with E-state index in [0.29, 0.717) is 23.7 Å². The van der Waals surface area contributed by atoms with Gasteiger partial charge in [0.15, 0.2) is 0 Å². The highest BCUT2D eigenvalue weighted by Crippen LogP contribution is 2.28. The summed E-state index contributed by atoms with van der Waals surface area (Å²) in [6.45, 7) is 0.476. The summed E-state index contributed by atoms with van der Waals surface area (Å²) in [7, 11) is 0. The molecular weight excluding hydrogens is 364 g/mol. The number of benzene rings is 3. The Hall–Kier alpha value is -3.60. The number of hydrogen-bond donors (Lipinski definition) is 2. The molecule has 5 rings (SSSR count). The van der Waals surface area contributed by atoms with Crippen LogP contribution < -0.4 is 16.3 Å². The molecule has 3 aromatic carbocycles. The molecule has 0 atom stereocenters. The first-order valence-corrected chi connectivity index (χ1v) is 9.77. The fraction of sp³-hybridized carbons (Fsp3) is 0.167. The van der Waals surface area contributed by atoms with Crippen LogP contribution in [0.15, 0.2) is 75.9 Å². The Morgan fingerprint density at radius 1 is 1.00 bits per heavy atom. The standard InChI is InChI=1S/C24H20N2O3/c27-22-13-17(23-20-4-2-1-3-15(20)7-12-21(23)29-22)14-25-18-8-5-16(6-9-18)24(28)26-19-10-11-19/h1-9,12-13,19,25H,10-11,14H2,(H,26,28). The van der Waals surface area contributed by atoms with E-state index in [1.165, 1.54) is 0 Å². The molecule has 1 aromatic heterocycles. The van der Waals surface area contributed by atoms with Gasteiger partial charge in [-0.05, 0) is 59.5 Å². The zero-order chi connectivity index (χ0) is 19.8. The lowest BCUT2D eigenvalue weighted by Gasteiger charge is -2.11. The topological polar surface area (TPSA) is 71.3 Å². The van der Waals surface area contributed by atoms with Gasteiger partial charge in [0.2, 0.25) is 0 Å². The number of anilines is 1. The monoisotopic (exact) mass is 384 g/mol. The molecule has 0 saturated heterocycles. The first kappa shape index (κ1) is 17.5. The Labute approximate surface area is 167 Å². The van der Waals surface area contributed by atoms with Gasteiger partial charge in [0.25, 0.3) is 5.91 Å². The van der Waals surface area contributed by atoms with E-state index in [2.05, 4.69) is 10.6 Å². The predicted molar refractivity (Wildman–Crippen MR) is 114 cm³/mol. The highest BCUT2D eigenvalue weighted by atomic mass is 16.4. The largest absolute Gasteiger partial charge is 0.423 e. The summed E-state index contributed by atoms with van der Waals surface area (Å²) in [5.41, 5.74) is 2.63. The second-order valence-corrected chi connectivity index (χ2v) is 7.43. The average molecular weight is 384 g/mol. The van der Waals surface area contributed by atoms with Crippen molar-refractivity contribution in [2.45, 2.75) is 25.4 Å².